The molecule has 0 aliphatic carbocycles. The number of hydrogen-bond acceptors (Lipinski definition) is 4. The zero-order valence-electron chi connectivity index (χ0n) is 13.7. The van der Waals surface area contributed by atoms with Gasteiger partial charge in [0.15, 0.2) is 0 Å². The molecule has 9 heteroatoms. The smallest absolute Gasteiger partial charge is 0.324 e. The van der Waals surface area contributed by atoms with Crippen molar-refractivity contribution < 1.29 is 18.0 Å². The summed E-state index contributed by atoms with van der Waals surface area (Å²) in [5.41, 5.74) is 0.567. The standard InChI is InChI=1S/C17H14F3N5O/c1-11-6-8-12(9-7-11)16-22-24-25(23-16)10-15(26)21-14-5-3-2-4-13(14)17(18,19)20/h2-9H,10H2,1H3,(H,21,26). The Bertz CT molecular complexity index is 919. The van der Waals surface area contributed by atoms with Crippen molar-refractivity contribution in [1.29, 1.82) is 0 Å². The van der Waals surface area contributed by atoms with E-state index in [1.807, 2.05) is 31.2 Å². The van der Waals surface area contributed by atoms with Gasteiger partial charge in [0.25, 0.3) is 0 Å². The van der Waals surface area contributed by atoms with Gasteiger partial charge in [0.2, 0.25) is 11.7 Å². The van der Waals surface area contributed by atoms with Gasteiger partial charge >= 0.3 is 6.18 Å². The summed E-state index contributed by atoms with van der Waals surface area (Å²) < 4.78 is 38.9. The quantitative estimate of drug-likeness (QED) is 0.774. The van der Waals surface area contributed by atoms with Gasteiger partial charge in [0.05, 0.1) is 11.3 Å². The summed E-state index contributed by atoms with van der Waals surface area (Å²) in [4.78, 5) is 13.1. The average Bonchev–Trinajstić information content (AvgIpc) is 3.03. The third-order valence-electron chi connectivity index (χ3n) is 3.55. The Kier molecular flexibility index (Phi) is 4.70. The highest BCUT2D eigenvalue weighted by Gasteiger charge is 2.33. The Labute approximate surface area is 146 Å². The number of halogens is 3. The second-order valence-electron chi connectivity index (χ2n) is 5.60. The van der Waals surface area contributed by atoms with Crippen molar-refractivity contribution in [3.8, 4) is 11.4 Å². The normalized spacial score (nSPS) is 11.4. The molecule has 3 rings (SSSR count). The number of benzene rings is 2. The lowest BCUT2D eigenvalue weighted by Crippen LogP contribution is -2.22. The van der Waals surface area contributed by atoms with Crippen molar-refractivity contribution in [1.82, 2.24) is 20.2 Å². The molecule has 1 heterocycles. The summed E-state index contributed by atoms with van der Waals surface area (Å²) in [6, 6.07) is 12.2. The largest absolute Gasteiger partial charge is 0.418 e. The third-order valence-corrected chi connectivity index (χ3v) is 3.55. The van der Waals surface area contributed by atoms with Gasteiger partial charge in [-0.3, -0.25) is 4.79 Å². The number of alkyl halides is 3. The molecule has 134 valence electrons. The molecule has 0 bridgehead atoms. The number of tetrazole rings is 1. The molecule has 0 aliphatic heterocycles. The Balaban J connectivity index is 1.71. The number of aromatic nitrogens is 4. The molecule has 0 radical (unpaired) electrons. The van der Waals surface area contributed by atoms with E-state index in [9.17, 15) is 18.0 Å². The van der Waals surface area contributed by atoms with Crippen molar-refractivity contribution in [2.24, 2.45) is 0 Å². The lowest BCUT2D eigenvalue weighted by atomic mass is 10.1. The van der Waals surface area contributed by atoms with Crippen LogP contribution in [0.5, 0.6) is 0 Å². The van der Waals surface area contributed by atoms with Gasteiger partial charge in [-0.1, -0.05) is 42.0 Å². The van der Waals surface area contributed by atoms with Crippen LogP contribution in [0.25, 0.3) is 11.4 Å². The fourth-order valence-electron chi connectivity index (χ4n) is 2.29. The number of hydrogen-bond donors (Lipinski definition) is 1. The second kappa shape index (κ2) is 6.95. The molecule has 6 nitrogen and oxygen atoms in total. The van der Waals surface area contributed by atoms with E-state index in [0.717, 1.165) is 22.0 Å². The summed E-state index contributed by atoms with van der Waals surface area (Å²) in [6.45, 7) is 1.59. The van der Waals surface area contributed by atoms with Crippen LogP contribution < -0.4 is 5.32 Å². The van der Waals surface area contributed by atoms with Crippen LogP contribution in [0.15, 0.2) is 48.5 Å². The first-order valence-electron chi connectivity index (χ1n) is 7.64. The van der Waals surface area contributed by atoms with Gasteiger partial charge in [0, 0.05) is 5.56 Å². The minimum atomic E-state index is -4.56. The van der Waals surface area contributed by atoms with E-state index in [0.29, 0.717) is 5.82 Å². The van der Waals surface area contributed by atoms with Gasteiger partial charge in [-0.2, -0.15) is 18.0 Å². The van der Waals surface area contributed by atoms with Crippen LogP contribution in [0, 0.1) is 6.92 Å². The van der Waals surface area contributed by atoms with E-state index in [4.69, 9.17) is 0 Å². The number of amides is 1. The maximum Gasteiger partial charge on any atom is 0.418 e. The van der Waals surface area contributed by atoms with Gasteiger partial charge in [-0.15, -0.1) is 10.2 Å². The number of rotatable bonds is 4. The van der Waals surface area contributed by atoms with Crippen LogP contribution in [-0.2, 0) is 17.5 Å². The van der Waals surface area contributed by atoms with Crippen molar-refractivity contribution in [3.63, 3.8) is 0 Å². The molecule has 0 spiro atoms. The lowest BCUT2D eigenvalue weighted by molar-refractivity contribution is -0.137. The van der Waals surface area contributed by atoms with E-state index in [1.165, 1.54) is 18.2 Å². The molecule has 1 aromatic heterocycles. The predicted octanol–water partition coefficient (Wildman–Crippen LogP) is 3.31. The van der Waals surface area contributed by atoms with Crippen LogP contribution in [0.4, 0.5) is 18.9 Å². The Morgan fingerprint density at radius 3 is 2.50 bits per heavy atom. The molecule has 3 aromatic rings. The minimum absolute atomic E-state index is 0.316. The topological polar surface area (TPSA) is 72.7 Å². The number of carbonyl (C=O) groups excluding carboxylic acids is 1. The molecule has 0 aliphatic rings. The first-order valence-corrected chi connectivity index (χ1v) is 7.64. The predicted molar refractivity (Wildman–Crippen MR) is 88.1 cm³/mol. The van der Waals surface area contributed by atoms with Gasteiger partial charge in [0.1, 0.15) is 6.54 Å². The van der Waals surface area contributed by atoms with Crippen molar-refractivity contribution >= 4 is 11.6 Å². The third kappa shape index (κ3) is 4.05. The van der Waals surface area contributed by atoms with Crippen molar-refractivity contribution in [2.45, 2.75) is 19.6 Å². The lowest BCUT2D eigenvalue weighted by Gasteiger charge is -2.13. The fraction of sp³-hybridized carbons (Fsp3) is 0.176. The molecule has 1 amide bonds. The van der Waals surface area contributed by atoms with E-state index in [2.05, 4.69) is 20.7 Å². The van der Waals surface area contributed by atoms with Crippen LogP contribution >= 0.6 is 0 Å². The Morgan fingerprint density at radius 2 is 1.81 bits per heavy atom. The summed E-state index contributed by atoms with van der Waals surface area (Å²) in [5.74, 6) is -0.358. The highest BCUT2D eigenvalue weighted by molar-refractivity contribution is 5.91. The summed E-state index contributed by atoms with van der Waals surface area (Å²) in [7, 11) is 0. The van der Waals surface area contributed by atoms with Gasteiger partial charge in [-0.05, 0) is 24.3 Å². The molecule has 2 aromatic carbocycles. The number of para-hydroxylation sites is 1. The van der Waals surface area contributed by atoms with E-state index in [1.54, 1.807) is 0 Å². The minimum Gasteiger partial charge on any atom is -0.324 e. The van der Waals surface area contributed by atoms with Crippen LogP contribution in [-0.4, -0.2) is 26.1 Å². The Morgan fingerprint density at radius 1 is 1.12 bits per heavy atom. The number of anilines is 1. The maximum absolute atomic E-state index is 13.0. The summed E-state index contributed by atoms with van der Waals surface area (Å²) >= 11 is 0. The number of nitrogens with zero attached hydrogens (tertiary/aromatic N) is 4. The zero-order chi connectivity index (χ0) is 18.7. The second-order valence-corrected chi connectivity index (χ2v) is 5.60. The maximum atomic E-state index is 13.0. The first-order chi connectivity index (χ1) is 12.3. The van der Waals surface area contributed by atoms with E-state index < -0.39 is 17.6 Å². The number of nitrogens with one attached hydrogen (secondary N) is 1. The SMILES string of the molecule is Cc1ccc(-c2nnn(CC(=O)Nc3ccccc3C(F)(F)F)n2)cc1. The summed E-state index contributed by atoms with van der Waals surface area (Å²) in [5, 5.41) is 13.9. The molecule has 0 saturated carbocycles. The molecule has 0 atom stereocenters. The number of aryl methyl sites for hydroxylation is 1. The monoisotopic (exact) mass is 361 g/mol. The zero-order valence-corrected chi connectivity index (χ0v) is 13.7. The highest BCUT2D eigenvalue weighted by atomic mass is 19.4. The molecule has 0 unspecified atom stereocenters. The Hall–Kier alpha value is -3.23. The first kappa shape index (κ1) is 17.6. The van der Waals surface area contributed by atoms with Crippen LogP contribution in [0.3, 0.4) is 0 Å². The molecular weight excluding hydrogens is 347 g/mol. The fourth-order valence-corrected chi connectivity index (χ4v) is 2.29. The van der Waals surface area contributed by atoms with Crippen LogP contribution in [0.1, 0.15) is 11.1 Å². The molecule has 26 heavy (non-hydrogen) atoms. The van der Waals surface area contributed by atoms with Gasteiger partial charge in [-0.25, -0.2) is 0 Å². The van der Waals surface area contributed by atoms with Gasteiger partial charge < -0.3 is 5.32 Å². The average molecular weight is 361 g/mol. The summed E-state index contributed by atoms with van der Waals surface area (Å²) in [6.07, 6.45) is -4.56. The van der Waals surface area contributed by atoms with Crippen molar-refractivity contribution in [3.05, 3.63) is 59.7 Å². The van der Waals surface area contributed by atoms with E-state index in [-0.39, 0.29) is 12.2 Å². The molecular formula is C17H14F3N5O. The van der Waals surface area contributed by atoms with E-state index >= 15 is 0 Å². The van der Waals surface area contributed by atoms with Crippen molar-refractivity contribution in [2.75, 3.05) is 5.32 Å². The highest BCUT2D eigenvalue weighted by Crippen LogP contribution is 2.34. The molecule has 0 saturated heterocycles. The number of carbonyl (C=O) groups is 1. The molecule has 0 fully saturated rings. The molecule has 1 N–H and O–H groups in total. The van der Waals surface area contributed by atoms with Crippen LogP contribution in [0.2, 0.25) is 0 Å².